The second-order valence-electron chi connectivity index (χ2n) is 14.0. The van der Waals surface area contributed by atoms with E-state index >= 15 is 0 Å². The summed E-state index contributed by atoms with van der Waals surface area (Å²) in [5.74, 6) is 5.34. The minimum absolute atomic E-state index is 0.0882. The molecule has 32 heavy (non-hydrogen) atoms. The molecule has 0 heterocycles. The summed E-state index contributed by atoms with van der Waals surface area (Å²) in [7, 11) is 0. The summed E-state index contributed by atoms with van der Waals surface area (Å²) < 4.78 is 0. The largest absolute Gasteiger partial charge is 0.393 e. The lowest BCUT2D eigenvalue weighted by molar-refractivity contribution is -0.154. The van der Waals surface area contributed by atoms with Gasteiger partial charge in [-0.05, 0) is 123 Å². The zero-order chi connectivity index (χ0) is 22.7. The van der Waals surface area contributed by atoms with Crippen molar-refractivity contribution in [2.45, 2.75) is 136 Å². The fourth-order valence-corrected chi connectivity index (χ4v) is 10.6. The molecule has 0 bridgehead atoms. The molecule has 5 rings (SSSR count). The smallest absolute Gasteiger partial charge is 0.0648 e. The van der Waals surface area contributed by atoms with E-state index in [1.807, 2.05) is 0 Å². The molecule has 0 amide bonds. The predicted molar refractivity (Wildman–Crippen MR) is 132 cm³/mol. The Kier molecular flexibility index (Phi) is 6.31. The van der Waals surface area contributed by atoms with Crippen molar-refractivity contribution < 1.29 is 10.2 Å². The van der Waals surface area contributed by atoms with Gasteiger partial charge in [-0.25, -0.2) is 0 Å². The van der Waals surface area contributed by atoms with Gasteiger partial charge in [-0.2, -0.15) is 0 Å². The zero-order valence-corrected chi connectivity index (χ0v) is 21.6. The third-order valence-electron chi connectivity index (χ3n) is 12.8. The van der Waals surface area contributed by atoms with Crippen molar-refractivity contribution in [1.82, 2.24) is 0 Å². The lowest BCUT2D eigenvalue weighted by Crippen LogP contribution is -2.56. The first-order valence-corrected chi connectivity index (χ1v) is 14.6. The van der Waals surface area contributed by atoms with Gasteiger partial charge in [-0.15, -0.1) is 0 Å². The highest BCUT2D eigenvalue weighted by atomic mass is 16.3. The lowest BCUT2D eigenvalue weighted by Gasteiger charge is -2.62. The van der Waals surface area contributed by atoms with E-state index in [0.29, 0.717) is 22.7 Å². The Bertz CT molecular complexity index is 670. The van der Waals surface area contributed by atoms with E-state index in [2.05, 4.69) is 27.7 Å². The van der Waals surface area contributed by atoms with Gasteiger partial charge in [0.05, 0.1) is 11.7 Å². The zero-order valence-electron chi connectivity index (χ0n) is 21.6. The molecule has 2 nitrogen and oxygen atoms in total. The maximum absolute atomic E-state index is 11.2. The van der Waals surface area contributed by atoms with Crippen molar-refractivity contribution >= 4 is 0 Å². The highest BCUT2D eigenvalue weighted by Crippen LogP contribution is 2.69. The fraction of sp³-hybridized carbons (Fsp3) is 1.00. The normalized spacial score (nSPS) is 51.0. The summed E-state index contributed by atoms with van der Waals surface area (Å²) in [5.41, 5.74) is 0.514. The maximum atomic E-state index is 11.2. The average Bonchev–Trinajstić information content (AvgIpc) is 3.41. The Balaban J connectivity index is 1.29. The van der Waals surface area contributed by atoms with E-state index in [4.69, 9.17) is 0 Å². The third-order valence-corrected chi connectivity index (χ3v) is 12.8. The number of aliphatic hydroxyl groups excluding tert-OH is 1. The van der Waals surface area contributed by atoms with Gasteiger partial charge in [0.25, 0.3) is 0 Å². The van der Waals surface area contributed by atoms with Gasteiger partial charge < -0.3 is 10.2 Å². The molecule has 0 aliphatic heterocycles. The summed E-state index contributed by atoms with van der Waals surface area (Å²) >= 11 is 0. The van der Waals surface area contributed by atoms with Crippen LogP contribution in [0.25, 0.3) is 0 Å². The van der Waals surface area contributed by atoms with Gasteiger partial charge in [-0.3, -0.25) is 0 Å². The fourth-order valence-electron chi connectivity index (χ4n) is 10.6. The summed E-state index contributed by atoms with van der Waals surface area (Å²) in [4.78, 5) is 0. The Morgan fingerprint density at radius 1 is 0.844 bits per heavy atom. The molecule has 5 saturated carbocycles. The van der Waals surface area contributed by atoms with Gasteiger partial charge >= 0.3 is 0 Å². The van der Waals surface area contributed by atoms with Crippen molar-refractivity contribution in [3.63, 3.8) is 0 Å². The molecular formula is C30H52O2. The second kappa shape index (κ2) is 8.54. The van der Waals surface area contributed by atoms with Gasteiger partial charge in [0.15, 0.2) is 0 Å². The van der Waals surface area contributed by atoms with Gasteiger partial charge in [0.2, 0.25) is 0 Å². The van der Waals surface area contributed by atoms with Crippen LogP contribution in [0.2, 0.25) is 0 Å². The molecule has 2 heteroatoms. The quantitative estimate of drug-likeness (QED) is 0.465. The van der Waals surface area contributed by atoms with E-state index in [1.54, 1.807) is 0 Å². The Labute approximate surface area is 198 Å². The van der Waals surface area contributed by atoms with Crippen LogP contribution in [0, 0.1) is 52.3 Å². The van der Waals surface area contributed by atoms with Crippen LogP contribution in [-0.4, -0.2) is 21.9 Å². The topological polar surface area (TPSA) is 40.5 Å². The van der Waals surface area contributed by atoms with Crippen LogP contribution in [-0.2, 0) is 0 Å². The Hall–Kier alpha value is -0.0800. The molecule has 10 atom stereocenters. The first-order chi connectivity index (χ1) is 15.2. The van der Waals surface area contributed by atoms with Crippen LogP contribution >= 0.6 is 0 Å². The van der Waals surface area contributed by atoms with E-state index in [1.165, 1.54) is 70.6 Å². The van der Waals surface area contributed by atoms with Crippen LogP contribution in [0.5, 0.6) is 0 Å². The number of hydrogen-bond donors (Lipinski definition) is 2. The number of hydrogen-bond acceptors (Lipinski definition) is 2. The Morgan fingerprint density at radius 3 is 2.28 bits per heavy atom. The van der Waals surface area contributed by atoms with Crippen LogP contribution in [0.4, 0.5) is 0 Å². The minimum Gasteiger partial charge on any atom is -0.393 e. The average molecular weight is 445 g/mol. The highest BCUT2D eigenvalue weighted by Gasteiger charge is 2.61. The van der Waals surface area contributed by atoms with Crippen molar-refractivity contribution in [3.05, 3.63) is 0 Å². The van der Waals surface area contributed by atoms with E-state index in [9.17, 15) is 10.2 Å². The van der Waals surface area contributed by atoms with Crippen molar-refractivity contribution in [3.8, 4) is 0 Å². The van der Waals surface area contributed by atoms with Crippen molar-refractivity contribution in [2.24, 2.45) is 52.3 Å². The number of aliphatic hydroxyl groups is 2. The molecule has 5 aliphatic carbocycles. The summed E-state index contributed by atoms with van der Waals surface area (Å²) in [6.07, 6.45) is 19.0. The molecule has 0 aromatic rings. The minimum atomic E-state index is -0.385. The van der Waals surface area contributed by atoms with Crippen LogP contribution in [0.15, 0.2) is 0 Å². The molecule has 0 radical (unpaired) electrons. The summed E-state index contributed by atoms with van der Waals surface area (Å²) in [6, 6.07) is 0. The molecule has 5 aliphatic rings. The molecule has 5 fully saturated rings. The van der Waals surface area contributed by atoms with E-state index < -0.39 is 0 Å². The molecule has 2 N–H and O–H groups in total. The van der Waals surface area contributed by atoms with E-state index in [-0.39, 0.29) is 11.7 Å². The van der Waals surface area contributed by atoms with Crippen LogP contribution in [0.3, 0.4) is 0 Å². The van der Waals surface area contributed by atoms with Gasteiger partial charge in [-0.1, -0.05) is 53.4 Å². The maximum Gasteiger partial charge on any atom is 0.0648 e. The summed E-state index contributed by atoms with van der Waals surface area (Å²) in [6.45, 7) is 9.83. The molecular weight excluding hydrogens is 392 g/mol. The predicted octanol–water partition coefficient (Wildman–Crippen LogP) is 7.36. The standard InChI is InChI=1S/C30H52O2/c1-5-30(32)17-16-28(3)22(19-30)10-11-23-25-13-12-24(29(25,4)15-14-26(23)28)20(2)27(31)18-21-8-6-7-9-21/h20-27,31-32H,5-19H2,1-4H3/t20?,22-,23+,24-,25+,26+,27?,28+,29-,30+/m1/s1. The molecule has 0 spiro atoms. The highest BCUT2D eigenvalue weighted by molar-refractivity contribution is 5.11. The first kappa shape index (κ1) is 23.7. The van der Waals surface area contributed by atoms with E-state index in [0.717, 1.165) is 55.3 Å². The number of fused-ring (bicyclic) bond motifs is 5. The van der Waals surface area contributed by atoms with Gasteiger partial charge in [0.1, 0.15) is 0 Å². The second-order valence-corrected chi connectivity index (χ2v) is 14.0. The number of rotatable bonds is 5. The van der Waals surface area contributed by atoms with Crippen molar-refractivity contribution in [2.75, 3.05) is 0 Å². The van der Waals surface area contributed by atoms with Crippen LogP contribution in [0.1, 0.15) is 124 Å². The lowest BCUT2D eigenvalue weighted by atomic mass is 9.43. The molecule has 0 saturated heterocycles. The third kappa shape index (κ3) is 3.73. The monoisotopic (exact) mass is 444 g/mol. The molecule has 184 valence electrons. The molecule has 2 unspecified atom stereocenters. The molecule has 0 aromatic heterocycles. The Morgan fingerprint density at radius 2 is 1.56 bits per heavy atom. The SMILES string of the molecule is CC[C@]1(O)CC[C@@]2(C)[C@H](CC[C@@H]3[C@@H]2CC[C@]2(C)[C@@H](C(C)C(O)CC4CCCC4)CC[C@@H]32)C1. The summed E-state index contributed by atoms with van der Waals surface area (Å²) in [5, 5.41) is 22.3. The van der Waals surface area contributed by atoms with Gasteiger partial charge in [0, 0.05) is 0 Å². The first-order valence-electron chi connectivity index (χ1n) is 14.6. The molecule has 0 aromatic carbocycles. The van der Waals surface area contributed by atoms with Crippen molar-refractivity contribution in [1.29, 1.82) is 0 Å². The van der Waals surface area contributed by atoms with Crippen LogP contribution < -0.4 is 0 Å².